The number of thioether (sulfide) groups is 1. The van der Waals surface area contributed by atoms with E-state index in [2.05, 4.69) is 58.8 Å². The van der Waals surface area contributed by atoms with Gasteiger partial charge in [0.2, 0.25) is 5.69 Å². The van der Waals surface area contributed by atoms with Crippen LogP contribution in [-0.2, 0) is 41.2 Å². The number of unbranched alkanes of at least 4 members (excludes halogenated alkanes) is 2. The largest absolute Gasteiger partial charge is 1.00 e. The molecule has 62 heavy (non-hydrogen) atoms. The van der Waals surface area contributed by atoms with E-state index in [0.29, 0.717) is 43.1 Å². The third kappa shape index (κ3) is 13.6. The van der Waals surface area contributed by atoms with E-state index in [-0.39, 0.29) is 117 Å². The van der Waals surface area contributed by atoms with Crippen LogP contribution in [0.3, 0.4) is 0 Å². The van der Waals surface area contributed by atoms with Gasteiger partial charge >= 0.3 is 88.7 Å². The van der Waals surface area contributed by atoms with Crippen LogP contribution >= 0.6 is 11.8 Å². The molecule has 316 valence electrons. The maximum Gasteiger partial charge on any atom is 1.00 e. The van der Waals surface area contributed by atoms with Crippen LogP contribution in [0.25, 0.3) is 0 Å². The van der Waals surface area contributed by atoms with E-state index in [1.54, 1.807) is 24.5 Å². The molecule has 3 N–H and O–H groups in total. The van der Waals surface area contributed by atoms with Crippen molar-refractivity contribution in [1.29, 1.82) is 0 Å². The molecule has 0 saturated heterocycles. The molecule has 0 unspecified atom stereocenters. The van der Waals surface area contributed by atoms with Crippen molar-refractivity contribution in [2.45, 2.75) is 93.5 Å². The van der Waals surface area contributed by atoms with Crippen LogP contribution in [0.1, 0.15) is 83.8 Å². The molecule has 3 heterocycles. The molecule has 3 aliphatic rings. The van der Waals surface area contributed by atoms with Gasteiger partial charge in [0.1, 0.15) is 6.54 Å². The number of benzene rings is 2. The molecule has 3 aromatic rings. The molecular weight excluding hydrogens is 902 g/mol. The molecule has 0 bridgehead atoms. The predicted octanol–water partition coefficient (Wildman–Crippen LogP) is -1.16. The maximum atomic E-state index is 12.2. The summed E-state index contributed by atoms with van der Waals surface area (Å²) < 4.78 is 101. The third-order valence-corrected chi connectivity index (χ3v) is 14.7. The van der Waals surface area contributed by atoms with E-state index in [1.165, 1.54) is 23.9 Å². The first kappa shape index (κ1) is 55.4. The molecule has 2 aliphatic heterocycles. The smallest absolute Gasteiger partial charge is 0.344 e. The molecule has 20 heteroatoms. The number of fused-ring (bicyclic) bond motifs is 2. The molecule has 0 spiro atoms. The summed E-state index contributed by atoms with van der Waals surface area (Å²) in [5.74, 6) is -0.669. The summed E-state index contributed by atoms with van der Waals surface area (Å²) in [5, 5.41) is 0.586. The van der Waals surface area contributed by atoms with Crippen LogP contribution in [0.5, 0.6) is 0 Å². The Morgan fingerprint density at radius 2 is 1.40 bits per heavy atom. The number of anilines is 1. The maximum absolute atomic E-state index is 12.2. The standard InChI is InChI=1S/C42H50N4O9S4.3Na/c1-41(2)33-15-5-6-16-35(33)45(25-7-9-27-57(47,48)49)37(41)21-17-30-13-11-14-31(39(30)56-40-43-23-12-24-44-40)18-22-38-42(3,4)34-29-32(59(53,54)55)19-20-36(34)46(38)26-8-10-28-58(50,51)52;;;/h5-6,12,15-24,29H,7-11,13-14,25-28H2,1-4H3,(H2-,47,48,49,50,51,52,53,54,55);;;/q;3*+1/p+1. The van der Waals surface area contributed by atoms with Gasteiger partial charge in [0.25, 0.3) is 30.4 Å². The summed E-state index contributed by atoms with van der Waals surface area (Å²) in [6.07, 6.45) is 15.8. The van der Waals surface area contributed by atoms with Crippen molar-refractivity contribution >= 4 is 59.2 Å². The first-order valence-electron chi connectivity index (χ1n) is 19.5. The minimum absolute atomic E-state index is 0. The van der Waals surface area contributed by atoms with Gasteiger partial charge < -0.3 is 4.90 Å². The van der Waals surface area contributed by atoms with E-state index >= 15 is 0 Å². The van der Waals surface area contributed by atoms with E-state index in [0.717, 1.165) is 63.7 Å². The molecule has 13 nitrogen and oxygen atoms in total. The molecule has 1 aliphatic carbocycles. The van der Waals surface area contributed by atoms with Crippen LogP contribution in [0, 0.1) is 0 Å². The van der Waals surface area contributed by atoms with Gasteiger partial charge in [-0.15, -0.1) is 0 Å². The van der Waals surface area contributed by atoms with Crippen LogP contribution in [0.15, 0.2) is 117 Å². The Labute approximate surface area is 437 Å². The molecule has 0 saturated carbocycles. The summed E-state index contributed by atoms with van der Waals surface area (Å²) in [7, 11) is -12.7. The van der Waals surface area contributed by atoms with Crippen LogP contribution < -0.4 is 93.6 Å². The summed E-state index contributed by atoms with van der Waals surface area (Å²) in [4.78, 5) is 11.9. The second-order valence-electron chi connectivity index (χ2n) is 16.0. The summed E-state index contributed by atoms with van der Waals surface area (Å²) in [5.41, 5.74) is 6.67. The molecular formula is C42H51N4Na3O9S4+4. The van der Waals surface area contributed by atoms with Crippen molar-refractivity contribution in [2.75, 3.05) is 29.5 Å². The van der Waals surface area contributed by atoms with E-state index in [1.807, 2.05) is 37.0 Å². The Morgan fingerprint density at radius 3 is 2.05 bits per heavy atom. The van der Waals surface area contributed by atoms with Crippen molar-refractivity contribution < 1.29 is 132 Å². The van der Waals surface area contributed by atoms with Crippen molar-refractivity contribution in [3.63, 3.8) is 0 Å². The predicted molar refractivity (Wildman–Crippen MR) is 231 cm³/mol. The van der Waals surface area contributed by atoms with Crippen LogP contribution in [0.4, 0.5) is 11.4 Å². The van der Waals surface area contributed by atoms with Crippen molar-refractivity contribution in [1.82, 2.24) is 9.97 Å². The van der Waals surface area contributed by atoms with Gasteiger partial charge in [-0.2, -0.15) is 29.8 Å². The fourth-order valence-corrected chi connectivity index (χ4v) is 10.8. The Morgan fingerprint density at radius 1 is 0.758 bits per heavy atom. The number of hydrogen-bond acceptors (Lipinski definition) is 10. The number of hydrogen-bond donors (Lipinski definition) is 3. The number of para-hydroxylation sites is 1. The Hall–Kier alpha value is -0.970. The summed E-state index contributed by atoms with van der Waals surface area (Å²) in [6.45, 7) is 9.29. The van der Waals surface area contributed by atoms with Gasteiger partial charge in [-0.25, -0.2) is 9.97 Å². The molecule has 0 amide bonds. The number of rotatable bonds is 16. The van der Waals surface area contributed by atoms with Gasteiger partial charge in [-0.05, 0) is 111 Å². The minimum atomic E-state index is -4.48. The fraction of sp³-hybridized carbons (Fsp3) is 0.405. The average Bonchev–Trinajstić information content (AvgIpc) is 3.51. The fourth-order valence-electron chi connectivity index (χ4n) is 8.19. The summed E-state index contributed by atoms with van der Waals surface area (Å²) in [6, 6.07) is 14.5. The van der Waals surface area contributed by atoms with Crippen molar-refractivity contribution in [2.24, 2.45) is 0 Å². The second-order valence-corrected chi connectivity index (χ2v) is 21.6. The molecule has 1 aromatic heterocycles. The minimum Gasteiger partial charge on any atom is -0.344 e. The monoisotopic (exact) mass is 952 g/mol. The first-order valence-corrected chi connectivity index (χ1v) is 25.0. The molecule has 0 radical (unpaired) electrons. The SMILES string of the molecule is CC1(C)C(/C=C/C2=C(Sc3ncccn3)C(=C/C=C3\N(CCCCS(=O)(=O)O)c4ccc(S(=O)(=O)O)cc4C3(C)C)/CCC2)=[N+](CCCCS(=O)(=O)O)c2ccccc21.[Na+].[Na+].[Na+]. The average molecular weight is 953 g/mol. The Bertz CT molecular complexity index is 2610. The summed E-state index contributed by atoms with van der Waals surface area (Å²) >= 11 is 1.48. The normalized spacial score (nSPS) is 18.4. The van der Waals surface area contributed by atoms with Crippen molar-refractivity contribution in [3.8, 4) is 0 Å². The molecule has 0 fully saturated rings. The first-order chi connectivity index (χ1) is 27.7. The zero-order valence-corrected chi connectivity index (χ0v) is 45.8. The quantitative estimate of drug-likeness (QED) is 0.0513. The second kappa shape index (κ2) is 22.7. The molecule has 0 atom stereocenters. The molecule has 2 aromatic carbocycles. The zero-order valence-electron chi connectivity index (χ0n) is 36.6. The van der Waals surface area contributed by atoms with E-state index in [4.69, 9.17) is 0 Å². The number of aromatic nitrogens is 2. The number of nitrogens with zero attached hydrogens (tertiary/aromatic N) is 4. The van der Waals surface area contributed by atoms with Crippen LogP contribution in [0.2, 0.25) is 0 Å². The van der Waals surface area contributed by atoms with E-state index < -0.39 is 35.8 Å². The van der Waals surface area contributed by atoms with Crippen molar-refractivity contribution in [3.05, 3.63) is 118 Å². The number of allylic oxidation sites excluding steroid dienone is 7. The Kier molecular flexibility index (Phi) is 20.3. The van der Waals surface area contributed by atoms with Gasteiger partial charge in [0.15, 0.2) is 10.9 Å². The van der Waals surface area contributed by atoms with Gasteiger partial charge in [0.05, 0.1) is 21.8 Å². The van der Waals surface area contributed by atoms with Gasteiger partial charge in [-0.1, -0.05) is 44.2 Å². The third-order valence-electron chi connectivity index (χ3n) is 11.1. The Balaban J connectivity index is 0.00000341. The van der Waals surface area contributed by atoms with E-state index in [9.17, 15) is 38.9 Å². The van der Waals surface area contributed by atoms with Gasteiger partial charge in [0, 0.05) is 64.8 Å². The zero-order chi connectivity index (χ0) is 42.8. The topological polar surface area (TPSA) is 195 Å². The van der Waals surface area contributed by atoms with Crippen LogP contribution in [-0.4, -0.2) is 83.8 Å². The van der Waals surface area contributed by atoms with Gasteiger partial charge in [-0.3, -0.25) is 13.7 Å². The molecule has 6 rings (SSSR count).